The minimum atomic E-state index is -0.178. The van der Waals surface area contributed by atoms with Crippen molar-refractivity contribution in [2.45, 2.75) is 10.1 Å². The van der Waals surface area contributed by atoms with Crippen molar-refractivity contribution in [2.75, 3.05) is 5.32 Å². The second kappa shape index (κ2) is 6.97. The Morgan fingerprint density at radius 1 is 1.08 bits per heavy atom. The first-order chi connectivity index (χ1) is 12.7. The third-order valence-corrected chi connectivity index (χ3v) is 4.93. The maximum Gasteiger partial charge on any atom is 0.257 e. The minimum Gasteiger partial charge on any atom is -0.322 e. The fourth-order valence-corrected chi connectivity index (χ4v) is 3.32. The van der Waals surface area contributed by atoms with Crippen molar-refractivity contribution < 1.29 is 4.79 Å². The predicted octanol–water partition coefficient (Wildman–Crippen LogP) is 3.77. The Morgan fingerprint density at radius 3 is 2.65 bits per heavy atom. The zero-order valence-corrected chi connectivity index (χ0v) is 14.8. The molecule has 6 nitrogen and oxygen atoms in total. The highest BCUT2D eigenvalue weighted by Crippen LogP contribution is 2.26. The van der Waals surface area contributed by atoms with Gasteiger partial charge in [-0.25, -0.2) is 0 Å². The van der Waals surface area contributed by atoms with E-state index in [2.05, 4.69) is 20.5 Å². The summed E-state index contributed by atoms with van der Waals surface area (Å²) in [5.74, 6) is -0.178. The van der Waals surface area contributed by atoms with E-state index in [9.17, 15) is 4.79 Å². The highest BCUT2D eigenvalue weighted by molar-refractivity contribution is 7.99. The number of pyridine rings is 1. The molecule has 128 valence electrons. The van der Waals surface area contributed by atoms with Gasteiger partial charge in [-0.1, -0.05) is 18.2 Å². The maximum atomic E-state index is 12.6. The molecule has 4 rings (SSSR count). The van der Waals surface area contributed by atoms with Gasteiger partial charge in [-0.15, -0.1) is 10.2 Å². The molecule has 4 aromatic rings. The highest BCUT2D eigenvalue weighted by atomic mass is 32.2. The number of hydrogen-bond donors (Lipinski definition) is 1. The molecule has 0 aliphatic rings. The molecule has 0 saturated carbocycles. The van der Waals surface area contributed by atoms with Gasteiger partial charge in [-0.2, -0.15) is 0 Å². The molecule has 7 heteroatoms. The lowest BCUT2D eigenvalue weighted by atomic mass is 10.1. The zero-order valence-electron chi connectivity index (χ0n) is 14.0. The molecule has 0 atom stereocenters. The first-order valence-corrected chi connectivity index (χ1v) is 8.79. The Labute approximate surface area is 154 Å². The molecule has 0 spiro atoms. The summed E-state index contributed by atoms with van der Waals surface area (Å²) in [6, 6.07) is 17.0. The first-order valence-electron chi connectivity index (χ1n) is 7.98. The number of amides is 1. The SMILES string of the molecule is Cn1cnnc1Sc1ccc(NC(=O)c2cccc3cccnc23)cc1. The molecule has 2 aromatic heterocycles. The van der Waals surface area contributed by atoms with Crippen LogP contribution in [0, 0.1) is 0 Å². The molecule has 0 radical (unpaired) electrons. The number of aromatic nitrogens is 4. The number of hydrogen-bond acceptors (Lipinski definition) is 5. The Bertz CT molecular complexity index is 1070. The standard InChI is InChI=1S/C19H15N5OS/c1-24-12-21-23-19(24)26-15-9-7-14(8-10-15)22-18(25)16-6-2-4-13-5-3-11-20-17(13)16/h2-12H,1H3,(H,22,25). The monoisotopic (exact) mass is 361 g/mol. The molecular formula is C19H15N5OS. The molecule has 2 heterocycles. The summed E-state index contributed by atoms with van der Waals surface area (Å²) in [5.41, 5.74) is 1.98. The maximum absolute atomic E-state index is 12.6. The number of nitrogens with one attached hydrogen (secondary N) is 1. The van der Waals surface area contributed by atoms with Crippen LogP contribution in [0.25, 0.3) is 10.9 Å². The van der Waals surface area contributed by atoms with E-state index >= 15 is 0 Å². The van der Waals surface area contributed by atoms with E-state index in [0.29, 0.717) is 11.1 Å². The summed E-state index contributed by atoms with van der Waals surface area (Å²) in [5, 5.41) is 12.6. The number of benzene rings is 2. The van der Waals surface area contributed by atoms with Crippen molar-refractivity contribution in [3.05, 3.63) is 72.7 Å². The van der Waals surface area contributed by atoms with Gasteiger partial charge in [0.1, 0.15) is 6.33 Å². The van der Waals surface area contributed by atoms with Gasteiger partial charge in [0.05, 0.1) is 11.1 Å². The number of fused-ring (bicyclic) bond motifs is 1. The van der Waals surface area contributed by atoms with Crippen molar-refractivity contribution in [2.24, 2.45) is 7.05 Å². The van der Waals surface area contributed by atoms with Gasteiger partial charge in [-0.3, -0.25) is 9.78 Å². The van der Waals surface area contributed by atoms with Gasteiger partial charge >= 0.3 is 0 Å². The summed E-state index contributed by atoms with van der Waals surface area (Å²) < 4.78 is 1.86. The van der Waals surface area contributed by atoms with Crippen LogP contribution in [0.4, 0.5) is 5.69 Å². The van der Waals surface area contributed by atoms with Crippen LogP contribution >= 0.6 is 11.8 Å². The predicted molar refractivity (Wildman–Crippen MR) is 101 cm³/mol. The topological polar surface area (TPSA) is 72.7 Å². The number of anilines is 1. The van der Waals surface area contributed by atoms with Crippen LogP contribution in [0.5, 0.6) is 0 Å². The molecule has 1 amide bonds. The molecule has 0 bridgehead atoms. The van der Waals surface area contributed by atoms with Crippen LogP contribution in [0.15, 0.2) is 77.2 Å². The summed E-state index contributed by atoms with van der Waals surface area (Å²) >= 11 is 1.51. The lowest BCUT2D eigenvalue weighted by Crippen LogP contribution is -2.12. The summed E-state index contributed by atoms with van der Waals surface area (Å²) in [6.45, 7) is 0. The van der Waals surface area contributed by atoms with Crippen LogP contribution in [-0.4, -0.2) is 25.7 Å². The van der Waals surface area contributed by atoms with Gasteiger partial charge in [-0.05, 0) is 48.2 Å². The average Bonchev–Trinajstić information content (AvgIpc) is 3.07. The Hall–Kier alpha value is -3.19. The third kappa shape index (κ3) is 3.29. The minimum absolute atomic E-state index is 0.178. The van der Waals surface area contributed by atoms with Crippen LogP contribution in [0.3, 0.4) is 0 Å². The molecular weight excluding hydrogens is 346 g/mol. The molecule has 2 aromatic carbocycles. The second-order valence-corrected chi connectivity index (χ2v) is 6.73. The number of carbonyl (C=O) groups is 1. The number of aryl methyl sites for hydroxylation is 1. The number of carbonyl (C=O) groups excluding carboxylic acids is 1. The first kappa shape index (κ1) is 16.3. The van der Waals surface area contributed by atoms with E-state index in [1.165, 1.54) is 11.8 Å². The second-order valence-electron chi connectivity index (χ2n) is 5.69. The molecule has 0 unspecified atom stereocenters. The van der Waals surface area contributed by atoms with Crippen molar-refractivity contribution in [3.8, 4) is 0 Å². The Morgan fingerprint density at radius 2 is 1.88 bits per heavy atom. The fourth-order valence-electron chi connectivity index (χ4n) is 2.56. The van der Waals surface area contributed by atoms with Crippen molar-refractivity contribution in [3.63, 3.8) is 0 Å². The number of para-hydroxylation sites is 1. The molecule has 0 aliphatic carbocycles. The lowest BCUT2D eigenvalue weighted by Gasteiger charge is -2.08. The normalized spacial score (nSPS) is 10.8. The Balaban J connectivity index is 1.52. The van der Waals surface area contributed by atoms with Crippen LogP contribution < -0.4 is 5.32 Å². The van der Waals surface area contributed by atoms with Crippen LogP contribution in [0.2, 0.25) is 0 Å². The van der Waals surface area contributed by atoms with E-state index in [0.717, 1.165) is 21.1 Å². The molecule has 0 aliphatic heterocycles. The Kier molecular flexibility index (Phi) is 4.37. The van der Waals surface area contributed by atoms with E-state index in [-0.39, 0.29) is 5.91 Å². The average molecular weight is 361 g/mol. The summed E-state index contributed by atoms with van der Waals surface area (Å²) in [7, 11) is 1.90. The molecule has 0 saturated heterocycles. The number of rotatable bonds is 4. The number of nitrogens with zero attached hydrogens (tertiary/aromatic N) is 4. The van der Waals surface area contributed by atoms with Crippen LogP contribution in [0.1, 0.15) is 10.4 Å². The molecule has 0 fully saturated rings. The van der Waals surface area contributed by atoms with Crippen LogP contribution in [-0.2, 0) is 7.05 Å². The fraction of sp³-hybridized carbons (Fsp3) is 0.0526. The molecule has 1 N–H and O–H groups in total. The van der Waals surface area contributed by atoms with Gasteiger partial charge in [0, 0.05) is 29.2 Å². The zero-order chi connectivity index (χ0) is 17.9. The van der Waals surface area contributed by atoms with E-state index in [1.54, 1.807) is 18.6 Å². The lowest BCUT2D eigenvalue weighted by molar-refractivity contribution is 0.102. The van der Waals surface area contributed by atoms with Gasteiger partial charge in [0.15, 0.2) is 5.16 Å². The highest BCUT2D eigenvalue weighted by Gasteiger charge is 2.11. The third-order valence-electron chi connectivity index (χ3n) is 3.87. The van der Waals surface area contributed by atoms with Gasteiger partial charge < -0.3 is 9.88 Å². The van der Waals surface area contributed by atoms with Crippen molar-refractivity contribution >= 4 is 34.3 Å². The van der Waals surface area contributed by atoms with E-state index < -0.39 is 0 Å². The summed E-state index contributed by atoms with van der Waals surface area (Å²) in [6.07, 6.45) is 3.35. The van der Waals surface area contributed by atoms with E-state index in [1.807, 2.05) is 60.1 Å². The van der Waals surface area contributed by atoms with Gasteiger partial charge in [0.25, 0.3) is 5.91 Å². The largest absolute Gasteiger partial charge is 0.322 e. The van der Waals surface area contributed by atoms with Crippen molar-refractivity contribution in [1.82, 2.24) is 19.7 Å². The van der Waals surface area contributed by atoms with Gasteiger partial charge in [0.2, 0.25) is 0 Å². The quantitative estimate of drug-likeness (QED) is 0.599. The summed E-state index contributed by atoms with van der Waals surface area (Å²) in [4.78, 5) is 18.0. The van der Waals surface area contributed by atoms with Crippen molar-refractivity contribution in [1.29, 1.82) is 0 Å². The van der Waals surface area contributed by atoms with E-state index in [4.69, 9.17) is 0 Å². The molecule has 26 heavy (non-hydrogen) atoms. The smallest absolute Gasteiger partial charge is 0.257 e.